The monoisotopic (exact) mass is 555 g/mol. The Balaban J connectivity index is 1.33. The summed E-state index contributed by atoms with van der Waals surface area (Å²) in [6.45, 7) is 5.27. The smallest absolute Gasteiger partial charge is 0.339 e. The van der Waals surface area contributed by atoms with Gasteiger partial charge in [0.15, 0.2) is 0 Å². The third kappa shape index (κ3) is 5.61. The first kappa shape index (κ1) is 27.0. The molecule has 0 aliphatic carbocycles. The standard InChI is InChI=1S/C28H28F3N5O2S/c1-19-7-3-5-9-24(19)32-27-23-8-4-6-10-25(23)33-26(34-27)20(2)35-15-17-36(18-16-35)39(37,38)22-13-11-21(12-14-22)28(29,30)31/h3-14,20H,15-18H2,1-2H3,(H,32,33,34)/t20-/m0/s1. The van der Waals surface area contributed by atoms with Crippen molar-refractivity contribution in [3.63, 3.8) is 0 Å². The molecule has 7 nitrogen and oxygen atoms in total. The molecule has 1 aliphatic rings. The third-order valence-corrected chi connectivity index (χ3v) is 8.95. The van der Waals surface area contributed by atoms with E-state index < -0.39 is 21.8 Å². The van der Waals surface area contributed by atoms with Gasteiger partial charge >= 0.3 is 6.18 Å². The molecule has 1 aliphatic heterocycles. The number of hydrogen-bond acceptors (Lipinski definition) is 6. The van der Waals surface area contributed by atoms with Gasteiger partial charge in [-0.15, -0.1) is 0 Å². The number of nitrogens with one attached hydrogen (secondary N) is 1. The van der Waals surface area contributed by atoms with E-state index in [0.717, 1.165) is 46.4 Å². The van der Waals surface area contributed by atoms with Gasteiger partial charge in [-0.1, -0.05) is 30.3 Å². The minimum absolute atomic E-state index is 0.151. The first-order chi connectivity index (χ1) is 18.5. The van der Waals surface area contributed by atoms with Crippen molar-refractivity contribution >= 4 is 32.4 Å². The van der Waals surface area contributed by atoms with Crippen molar-refractivity contribution < 1.29 is 21.6 Å². The molecule has 1 saturated heterocycles. The topological polar surface area (TPSA) is 78.4 Å². The van der Waals surface area contributed by atoms with E-state index in [1.807, 2.05) is 62.4 Å². The summed E-state index contributed by atoms with van der Waals surface area (Å²) in [6.07, 6.45) is -4.52. The zero-order chi connectivity index (χ0) is 27.8. The SMILES string of the molecule is Cc1ccccc1Nc1nc([C@H](C)N2CCN(S(=O)(=O)c3ccc(C(F)(F)F)cc3)CC2)nc2ccccc12. The van der Waals surface area contributed by atoms with Gasteiger partial charge in [0.05, 0.1) is 22.0 Å². The summed E-state index contributed by atoms with van der Waals surface area (Å²) in [5.41, 5.74) is 1.95. The number of fused-ring (bicyclic) bond motifs is 1. The average Bonchev–Trinajstić information content (AvgIpc) is 2.93. The van der Waals surface area contributed by atoms with E-state index in [0.29, 0.717) is 24.7 Å². The van der Waals surface area contributed by atoms with Crippen molar-refractivity contribution in [3.05, 3.63) is 89.7 Å². The van der Waals surface area contributed by atoms with Crippen LogP contribution in [0.4, 0.5) is 24.7 Å². The zero-order valence-corrected chi connectivity index (χ0v) is 22.3. The maximum Gasteiger partial charge on any atom is 0.416 e. The molecule has 0 unspecified atom stereocenters. The maximum absolute atomic E-state index is 13.1. The number of sulfonamides is 1. The predicted octanol–water partition coefficient (Wildman–Crippen LogP) is 5.77. The van der Waals surface area contributed by atoms with E-state index in [4.69, 9.17) is 9.97 Å². The molecule has 1 atom stereocenters. The lowest BCUT2D eigenvalue weighted by Gasteiger charge is -2.37. The number of benzene rings is 3. The Morgan fingerprint density at radius 2 is 1.51 bits per heavy atom. The molecule has 4 aromatic rings. The number of para-hydroxylation sites is 2. The van der Waals surface area contributed by atoms with Crippen LogP contribution in [0.2, 0.25) is 0 Å². The number of aryl methyl sites for hydroxylation is 1. The Labute approximate surface area is 225 Å². The van der Waals surface area contributed by atoms with Crippen LogP contribution in [-0.4, -0.2) is 53.8 Å². The van der Waals surface area contributed by atoms with Gasteiger partial charge in [-0.3, -0.25) is 4.90 Å². The molecule has 0 bridgehead atoms. The van der Waals surface area contributed by atoms with E-state index >= 15 is 0 Å². The van der Waals surface area contributed by atoms with E-state index in [2.05, 4.69) is 10.2 Å². The number of alkyl halides is 3. The van der Waals surface area contributed by atoms with Crippen LogP contribution in [0.5, 0.6) is 0 Å². The number of halogens is 3. The molecule has 204 valence electrons. The summed E-state index contributed by atoms with van der Waals surface area (Å²) < 4.78 is 66.1. The summed E-state index contributed by atoms with van der Waals surface area (Å²) in [6, 6.07) is 19.1. The van der Waals surface area contributed by atoms with Gasteiger partial charge in [0, 0.05) is 37.3 Å². The number of aromatic nitrogens is 2. The van der Waals surface area contributed by atoms with Crippen LogP contribution in [0.25, 0.3) is 10.9 Å². The second-order valence-electron chi connectivity index (χ2n) is 9.53. The fourth-order valence-electron chi connectivity index (χ4n) is 4.68. The Hall–Kier alpha value is -3.54. The fourth-order valence-corrected chi connectivity index (χ4v) is 6.10. The second kappa shape index (κ2) is 10.6. The Kier molecular flexibility index (Phi) is 7.32. The van der Waals surface area contributed by atoms with Crippen LogP contribution in [0.3, 0.4) is 0 Å². The van der Waals surface area contributed by atoms with Crippen LogP contribution in [0.15, 0.2) is 77.7 Å². The van der Waals surface area contributed by atoms with Crippen molar-refractivity contribution in [1.82, 2.24) is 19.2 Å². The van der Waals surface area contributed by atoms with Gasteiger partial charge < -0.3 is 5.32 Å². The highest BCUT2D eigenvalue weighted by Crippen LogP contribution is 2.31. The second-order valence-corrected chi connectivity index (χ2v) is 11.5. The maximum atomic E-state index is 13.1. The number of rotatable bonds is 6. The molecular formula is C28H28F3N5O2S. The predicted molar refractivity (Wildman–Crippen MR) is 144 cm³/mol. The van der Waals surface area contributed by atoms with Crippen LogP contribution in [-0.2, 0) is 16.2 Å². The lowest BCUT2D eigenvalue weighted by Crippen LogP contribution is -2.49. The molecule has 0 amide bonds. The van der Waals surface area contributed by atoms with E-state index in [-0.39, 0.29) is 24.0 Å². The zero-order valence-electron chi connectivity index (χ0n) is 21.5. The molecule has 1 N–H and O–H groups in total. The van der Waals surface area contributed by atoms with Crippen LogP contribution >= 0.6 is 0 Å². The first-order valence-electron chi connectivity index (χ1n) is 12.5. The Morgan fingerprint density at radius 1 is 0.872 bits per heavy atom. The minimum Gasteiger partial charge on any atom is -0.339 e. The lowest BCUT2D eigenvalue weighted by atomic mass is 10.1. The summed E-state index contributed by atoms with van der Waals surface area (Å²) in [5, 5.41) is 4.34. The van der Waals surface area contributed by atoms with Gasteiger partial charge in [0.1, 0.15) is 11.6 Å². The lowest BCUT2D eigenvalue weighted by molar-refractivity contribution is -0.137. The van der Waals surface area contributed by atoms with Crippen LogP contribution < -0.4 is 5.32 Å². The first-order valence-corrected chi connectivity index (χ1v) is 14.0. The van der Waals surface area contributed by atoms with Gasteiger partial charge in [-0.2, -0.15) is 17.5 Å². The van der Waals surface area contributed by atoms with Crippen LogP contribution in [0, 0.1) is 6.92 Å². The van der Waals surface area contributed by atoms with Gasteiger partial charge in [-0.25, -0.2) is 18.4 Å². The summed E-state index contributed by atoms with van der Waals surface area (Å²) in [7, 11) is -3.91. The molecule has 5 rings (SSSR count). The summed E-state index contributed by atoms with van der Waals surface area (Å²) in [4.78, 5) is 11.6. The van der Waals surface area contributed by atoms with E-state index in [1.54, 1.807) is 0 Å². The van der Waals surface area contributed by atoms with Crippen molar-refractivity contribution in [3.8, 4) is 0 Å². The normalized spacial score (nSPS) is 16.3. The molecule has 2 heterocycles. The summed E-state index contributed by atoms with van der Waals surface area (Å²) >= 11 is 0. The van der Waals surface area contributed by atoms with E-state index in [1.165, 1.54) is 4.31 Å². The number of nitrogens with zero attached hydrogens (tertiary/aromatic N) is 4. The molecular weight excluding hydrogens is 527 g/mol. The molecule has 3 aromatic carbocycles. The van der Waals surface area contributed by atoms with Crippen molar-refractivity contribution in [2.75, 3.05) is 31.5 Å². The van der Waals surface area contributed by atoms with Gasteiger partial charge in [0.25, 0.3) is 0 Å². The molecule has 0 radical (unpaired) electrons. The third-order valence-electron chi connectivity index (χ3n) is 7.03. The van der Waals surface area contributed by atoms with Gasteiger partial charge in [0.2, 0.25) is 10.0 Å². The van der Waals surface area contributed by atoms with Crippen molar-refractivity contribution in [1.29, 1.82) is 0 Å². The highest BCUT2D eigenvalue weighted by molar-refractivity contribution is 7.89. The fraction of sp³-hybridized carbons (Fsp3) is 0.286. The largest absolute Gasteiger partial charge is 0.416 e. The molecule has 0 saturated carbocycles. The quantitative estimate of drug-likeness (QED) is 0.326. The molecule has 0 spiro atoms. The molecule has 39 heavy (non-hydrogen) atoms. The molecule has 1 fully saturated rings. The Morgan fingerprint density at radius 3 is 2.18 bits per heavy atom. The Bertz CT molecular complexity index is 1590. The van der Waals surface area contributed by atoms with Crippen molar-refractivity contribution in [2.24, 2.45) is 0 Å². The highest BCUT2D eigenvalue weighted by atomic mass is 32.2. The van der Waals surface area contributed by atoms with Gasteiger partial charge in [-0.05, 0) is 61.9 Å². The summed E-state index contributed by atoms with van der Waals surface area (Å²) in [5.74, 6) is 1.31. The number of hydrogen-bond donors (Lipinski definition) is 1. The van der Waals surface area contributed by atoms with E-state index in [9.17, 15) is 21.6 Å². The number of piperazine rings is 1. The minimum atomic E-state index is -4.52. The average molecular weight is 556 g/mol. The van der Waals surface area contributed by atoms with Crippen molar-refractivity contribution in [2.45, 2.75) is 31.0 Å². The molecule has 11 heteroatoms. The van der Waals surface area contributed by atoms with Crippen LogP contribution in [0.1, 0.15) is 29.9 Å². The highest BCUT2D eigenvalue weighted by Gasteiger charge is 2.33. The number of anilines is 2. The molecule has 1 aromatic heterocycles.